The molecule has 0 bridgehead atoms. The third kappa shape index (κ3) is 5.23. The molecule has 18 heavy (non-hydrogen) atoms. The van der Waals surface area contributed by atoms with E-state index in [1.165, 1.54) is 0 Å². The first-order chi connectivity index (χ1) is 7.95. The smallest absolute Gasteiger partial charge is 0.331 e. The van der Waals surface area contributed by atoms with Crippen LogP contribution in [0.4, 0.5) is 0 Å². The zero-order valence-electron chi connectivity index (χ0n) is 11.2. The third-order valence-corrected chi connectivity index (χ3v) is 2.87. The second kappa shape index (κ2) is 7.59. The Morgan fingerprint density at radius 3 is 2.61 bits per heavy atom. The van der Waals surface area contributed by atoms with Gasteiger partial charge >= 0.3 is 5.97 Å². The van der Waals surface area contributed by atoms with Crippen LogP contribution < -0.4 is 10.6 Å². The van der Waals surface area contributed by atoms with Crippen molar-refractivity contribution in [2.75, 3.05) is 19.7 Å². The SMILES string of the molecule is CCOC(=O)C(C)(C)NC(=O)CC1CCNC1.Cl. The van der Waals surface area contributed by atoms with Gasteiger partial charge in [-0.2, -0.15) is 0 Å². The van der Waals surface area contributed by atoms with Crippen LogP contribution in [-0.2, 0) is 14.3 Å². The molecule has 6 heteroatoms. The second-order valence-electron chi connectivity index (χ2n) is 4.96. The summed E-state index contributed by atoms with van der Waals surface area (Å²) in [6.45, 7) is 7.25. The largest absolute Gasteiger partial charge is 0.464 e. The minimum Gasteiger partial charge on any atom is -0.464 e. The number of rotatable bonds is 5. The van der Waals surface area contributed by atoms with Gasteiger partial charge in [-0.05, 0) is 46.2 Å². The standard InChI is InChI=1S/C12H22N2O3.ClH/c1-4-17-11(16)12(2,3)14-10(15)7-9-5-6-13-8-9;/h9,13H,4-8H2,1-3H3,(H,14,15);1H. The molecule has 0 saturated carbocycles. The number of carbonyl (C=O) groups is 2. The average molecular weight is 279 g/mol. The summed E-state index contributed by atoms with van der Waals surface area (Å²) in [6.07, 6.45) is 1.49. The van der Waals surface area contributed by atoms with E-state index in [9.17, 15) is 9.59 Å². The van der Waals surface area contributed by atoms with Crippen LogP contribution >= 0.6 is 12.4 Å². The van der Waals surface area contributed by atoms with E-state index in [0.717, 1.165) is 19.5 Å². The van der Waals surface area contributed by atoms with E-state index in [1.54, 1.807) is 20.8 Å². The minimum atomic E-state index is -0.945. The number of hydrogen-bond donors (Lipinski definition) is 2. The molecule has 0 aromatic heterocycles. The Hall–Kier alpha value is -0.810. The summed E-state index contributed by atoms with van der Waals surface area (Å²) in [5, 5.41) is 5.94. The quantitative estimate of drug-likeness (QED) is 0.732. The van der Waals surface area contributed by atoms with Gasteiger partial charge in [-0.1, -0.05) is 0 Å². The highest BCUT2D eigenvalue weighted by atomic mass is 35.5. The number of ether oxygens (including phenoxy) is 1. The monoisotopic (exact) mass is 278 g/mol. The maximum Gasteiger partial charge on any atom is 0.331 e. The Balaban J connectivity index is 0.00000289. The summed E-state index contributed by atoms with van der Waals surface area (Å²) in [7, 11) is 0. The predicted molar refractivity (Wildman–Crippen MR) is 71.7 cm³/mol. The molecule has 1 atom stereocenters. The molecule has 1 heterocycles. The average Bonchev–Trinajstić information content (AvgIpc) is 2.69. The molecule has 0 aromatic carbocycles. The van der Waals surface area contributed by atoms with Crippen LogP contribution in [-0.4, -0.2) is 37.1 Å². The first-order valence-corrected chi connectivity index (χ1v) is 6.14. The topological polar surface area (TPSA) is 67.4 Å². The molecule has 0 aliphatic carbocycles. The van der Waals surface area contributed by atoms with Crippen LogP contribution in [0.2, 0.25) is 0 Å². The van der Waals surface area contributed by atoms with Gasteiger partial charge in [0.05, 0.1) is 6.61 Å². The van der Waals surface area contributed by atoms with Gasteiger partial charge in [0.2, 0.25) is 5.91 Å². The van der Waals surface area contributed by atoms with E-state index in [2.05, 4.69) is 10.6 Å². The van der Waals surface area contributed by atoms with Gasteiger partial charge in [-0.3, -0.25) is 4.79 Å². The van der Waals surface area contributed by atoms with Crippen LogP contribution in [0.1, 0.15) is 33.6 Å². The summed E-state index contributed by atoms with van der Waals surface area (Å²) in [5.74, 6) is -0.0948. The van der Waals surface area contributed by atoms with Crippen LogP contribution in [0.5, 0.6) is 0 Å². The number of amides is 1. The number of esters is 1. The lowest BCUT2D eigenvalue weighted by molar-refractivity contribution is -0.151. The highest BCUT2D eigenvalue weighted by Crippen LogP contribution is 2.13. The Bertz CT molecular complexity index is 289. The van der Waals surface area contributed by atoms with Crippen molar-refractivity contribution in [1.82, 2.24) is 10.6 Å². The lowest BCUT2D eigenvalue weighted by Gasteiger charge is -2.24. The van der Waals surface area contributed by atoms with E-state index in [4.69, 9.17) is 4.74 Å². The highest BCUT2D eigenvalue weighted by Gasteiger charge is 2.31. The Morgan fingerprint density at radius 2 is 2.11 bits per heavy atom. The van der Waals surface area contributed by atoms with E-state index in [1.807, 2.05) is 0 Å². The first-order valence-electron chi connectivity index (χ1n) is 6.14. The van der Waals surface area contributed by atoms with Crippen LogP contribution in [0.25, 0.3) is 0 Å². The van der Waals surface area contributed by atoms with Crippen molar-refractivity contribution in [2.24, 2.45) is 5.92 Å². The summed E-state index contributed by atoms with van der Waals surface area (Å²) >= 11 is 0. The van der Waals surface area contributed by atoms with E-state index < -0.39 is 11.5 Å². The molecule has 1 rings (SSSR count). The molecular formula is C12H23ClN2O3. The van der Waals surface area contributed by atoms with Crippen molar-refractivity contribution >= 4 is 24.3 Å². The van der Waals surface area contributed by atoms with E-state index in [0.29, 0.717) is 18.9 Å². The van der Waals surface area contributed by atoms with Gasteiger partial charge in [0.25, 0.3) is 0 Å². The van der Waals surface area contributed by atoms with Crippen LogP contribution in [0, 0.1) is 5.92 Å². The summed E-state index contributed by atoms with van der Waals surface area (Å²) < 4.78 is 4.91. The molecule has 106 valence electrons. The van der Waals surface area contributed by atoms with Gasteiger partial charge in [-0.15, -0.1) is 12.4 Å². The number of halogens is 1. The first kappa shape index (κ1) is 17.2. The molecule has 1 saturated heterocycles. The molecule has 2 N–H and O–H groups in total. The number of hydrogen-bond acceptors (Lipinski definition) is 4. The Morgan fingerprint density at radius 1 is 1.44 bits per heavy atom. The fourth-order valence-electron chi connectivity index (χ4n) is 1.91. The van der Waals surface area contributed by atoms with Gasteiger partial charge in [0, 0.05) is 6.42 Å². The third-order valence-electron chi connectivity index (χ3n) is 2.87. The molecular weight excluding hydrogens is 256 g/mol. The zero-order chi connectivity index (χ0) is 12.9. The molecule has 5 nitrogen and oxygen atoms in total. The Kier molecular flexibility index (Phi) is 7.25. The van der Waals surface area contributed by atoms with Crippen molar-refractivity contribution in [2.45, 2.75) is 39.2 Å². The van der Waals surface area contributed by atoms with E-state index >= 15 is 0 Å². The fourth-order valence-corrected chi connectivity index (χ4v) is 1.91. The van der Waals surface area contributed by atoms with Gasteiger partial charge in [-0.25, -0.2) is 4.79 Å². The van der Waals surface area contributed by atoms with Gasteiger partial charge < -0.3 is 15.4 Å². The highest BCUT2D eigenvalue weighted by molar-refractivity contribution is 5.87. The normalized spacial score (nSPS) is 18.9. The molecule has 0 aromatic rings. The summed E-state index contributed by atoms with van der Waals surface area (Å²) in [5.41, 5.74) is -0.945. The molecule has 1 amide bonds. The summed E-state index contributed by atoms with van der Waals surface area (Å²) in [6, 6.07) is 0. The number of carbonyl (C=O) groups excluding carboxylic acids is 2. The molecule has 0 spiro atoms. The predicted octanol–water partition coefficient (Wildman–Crippen LogP) is 0.866. The van der Waals surface area contributed by atoms with Crippen molar-refractivity contribution < 1.29 is 14.3 Å². The molecule has 1 aliphatic rings. The summed E-state index contributed by atoms with van der Waals surface area (Å²) in [4.78, 5) is 23.4. The molecule has 1 unspecified atom stereocenters. The van der Waals surface area contributed by atoms with Crippen molar-refractivity contribution in [3.63, 3.8) is 0 Å². The lowest BCUT2D eigenvalue weighted by Crippen LogP contribution is -2.51. The van der Waals surface area contributed by atoms with Crippen molar-refractivity contribution in [1.29, 1.82) is 0 Å². The second-order valence-corrected chi connectivity index (χ2v) is 4.96. The molecule has 1 fully saturated rings. The van der Waals surface area contributed by atoms with Gasteiger partial charge in [0.15, 0.2) is 0 Å². The maximum absolute atomic E-state index is 11.8. The molecule has 1 aliphatic heterocycles. The fraction of sp³-hybridized carbons (Fsp3) is 0.833. The van der Waals surface area contributed by atoms with E-state index in [-0.39, 0.29) is 18.3 Å². The minimum absolute atomic E-state index is 0. The van der Waals surface area contributed by atoms with Crippen LogP contribution in [0.3, 0.4) is 0 Å². The lowest BCUT2D eigenvalue weighted by atomic mass is 10.0. The van der Waals surface area contributed by atoms with Gasteiger partial charge in [0.1, 0.15) is 5.54 Å². The molecule has 0 radical (unpaired) electrons. The van der Waals surface area contributed by atoms with Crippen LogP contribution in [0.15, 0.2) is 0 Å². The van der Waals surface area contributed by atoms with Crippen molar-refractivity contribution in [3.8, 4) is 0 Å². The Labute approximate surface area is 114 Å². The number of nitrogens with one attached hydrogen (secondary N) is 2. The zero-order valence-corrected chi connectivity index (χ0v) is 12.1. The maximum atomic E-state index is 11.8. The van der Waals surface area contributed by atoms with Crippen molar-refractivity contribution in [3.05, 3.63) is 0 Å².